The van der Waals surface area contributed by atoms with Gasteiger partial charge in [0.05, 0.1) is 6.33 Å². The maximum atomic E-state index is 4.38. The fourth-order valence-electron chi connectivity index (χ4n) is 3.13. The maximum absolute atomic E-state index is 4.38. The molecule has 2 atom stereocenters. The fraction of sp³-hybridized carbons (Fsp3) is 0.786. The van der Waals surface area contributed by atoms with Crippen molar-refractivity contribution in [2.45, 2.75) is 45.6 Å². The van der Waals surface area contributed by atoms with Gasteiger partial charge in [-0.1, -0.05) is 20.8 Å². The van der Waals surface area contributed by atoms with Crippen molar-refractivity contribution < 1.29 is 0 Å². The molecule has 17 heavy (non-hydrogen) atoms. The van der Waals surface area contributed by atoms with Gasteiger partial charge in [0.2, 0.25) is 0 Å². The molecule has 0 bridgehead atoms. The third-order valence-electron chi connectivity index (χ3n) is 4.83. The van der Waals surface area contributed by atoms with Crippen molar-refractivity contribution in [3.63, 3.8) is 0 Å². The van der Waals surface area contributed by atoms with E-state index in [0.29, 0.717) is 5.41 Å². The quantitative estimate of drug-likeness (QED) is 0.867. The zero-order valence-corrected chi connectivity index (χ0v) is 11.2. The Morgan fingerprint density at radius 1 is 1.47 bits per heavy atom. The van der Waals surface area contributed by atoms with E-state index in [1.54, 1.807) is 0 Å². The smallest absolute Gasteiger partial charge is 0.0948 e. The first-order chi connectivity index (χ1) is 8.01. The van der Waals surface area contributed by atoms with E-state index in [1.807, 2.05) is 6.33 Å². The van der Waals surface area contributed by atoms with E-state index in [-0.39, 0.29) is 5.41 Å². The number of imidazole rings is 1. The van der Waals surface area contributed by atoms with Crippen molar-refractivity contribution in [3.05, 3.63) is 18.2 Å². The number of nitrogens with zero attached hydrogens (tertiary/aromatic N) is 2. The Bertz CT molecular complexity index is 413. The molecule has 1 N–H and O–H groups in total. The van der Waals surface area contributed by atoms with Crippen molar-refractivity contribution in [3.8, 4) is 0 Å². The van der Waals surface area contributed by atoms with E-state index >= 15 is 0 Å². The molecule has 2 fully saturated rings. The molecule has 1 saturated carbocycles. The van der Waals surface area contributed by atoms with Gasteiger partial charge < -0.3 is 9.88 Å². The van der Waals surface area contributed by atoms with E-state index < -0.39 is 0 Å². The average molecular weight is 233 g/mol. The molecule has 1 aromatic heterocycles. The summed E-state index contributed by atoms with van der Waals surface area (Å²) in [4.78, 5) is 4.38. The van der Waals surface area contributed by atoms with E-state index in [4.69, 9.17) is 0 Å². The van der Waals surface area contributed by atoms with E-state index in [2.05, 4.69) is 41.8 Å². The first-order valence-electron chi connectivity index (χ1n) is 6.73. The van der Waals surface area contributed by atoms with Crippen molar-refractivity contribution >= 4 is 0 Å². The largest absolute Gasteiger partial charge is 0.334 e. The van der Waals surface area contributed by atoms with Gasteiger partial charge in [0.15, 0.2) is 0 Å². The Labute approximate surface area is 104 Å². The first-order valence-corrected chi connectivity index (χ1v) is 6.73. The van der Waals surface area contributed by atoms with Crippen molar-refractivity contribution in [1.29, 1.82) is 0 Å². The first kappa shape index (κ1) is 11.3. The highest BCUT2D eigenvalue weighted by Crippen LogP contribution is 2.52. The molecule has 3 nitrogen and oxygen atoms in total. The highest BCUT2D eigenvalue weighted by atomic mass is 15.1. The Kier molecular flexibility index (Phi) is 2.37. The summed E-state index contributed by atoms with van der Waals surface area (Å²) in [5, 5.41) is 3.47. The van der Waals surface area contributed by atoms with Crippen LogP contribution < -0.4 is 5.32 Å². The third-order valence-corrected chi connectivity index (χ3v) is 4.83. The number of aromatic nitrogens is 2. The number of hydrogen-bond donors (Lipinski definition) is 1. The van der Waals surface area contributed by atoms with Crippen LogP contribution in [0.15, 0.2) is 12.5 Å². The van der Waals surface area contributed by atoms with Crippen LogP contribution in [-0.2, 0) is 12.0 Å². The summed E-state index contributed by atoms with van der Waals surface area (Å²) in [5.41, 5.74) is 2.26. The Morgan fingerprint density at radius 3 is 2.82 bits per heavy atom. The summed E-state index contributed by atoms with van der Waals surface area (Å²) in [6.45, 7) is 10.5. The standard InChI is InChI=1S/C14H23N3/c1-13(2)6-11(13)8-17-10-16-7-12(17)14(3)4-5-15-9-14/h7,10-11,15H,4-6,8-9H2,1-3H3. The molecule has 1 aliphatic carbocycles. The summed E-state index contributed by atoms with van der Waals surface area (Å²) in [5.74, 6) is 0.841. The van der Waals surface area contributed by atoms with E-state index in [9.17, 15) is 0 Å². The Hall–Kier alpha value is -0.830. The lowest BCUT2D eigenvalue weighted by Gasteiger charge is -2.24. The molecule has 0 spiro atoms. The van der Waals surface area contributed by atoms with Crippen LogP contribution >= 0.6 is 0 Å². The van der Waals surface area contributed by atoms with Crippen molar-refractivity contribution in [2.75, 3.05) is 13.1 Å². The summed E-state index contributed by atoms with van der Waals surface area (Å²) in [7, 11) is 0. The number of hydrogen-bond acceptors (Lipinski definition) is 2. The van der Waals surface area contributed by atoms with Gasteiger partial charge in [0.1, 0.15) is 0 Å². The lowest BCUT2D eigenvalue weighted by atomic mass is 9.86. The highest BCUT2D eigenvalue weighted by Gasteiger charge is 2.46. The number of nitrogens with one attached hydrogen (secondary N) is 1. The van der Waals surface area contributed by atoms with Crippen LogP contribution in [-0.4, -0.2) is 22.6 Å². The highest BCUT2D eigenvalue weighted by molar-refractivity contribution is 5.17. The lowest BCUT2D eigenvalue weighted by Crippen LogP contribution is -2.28. The van der Waals surface area contributed by atoms with Gasteiger partial charge in [-0.25, -0.2) is 4.98 Å². The van der Waals surface area contributed by atoms with Crippen LogP contribution in [0.25, 0.3) is 0 Å². The monoisotopic (exact) mass is 233 g/mol. The van der Waals surface area contributed by atoms with Crippen LogP contribution in [0.1, 0.15) is 39.3 Å². The molecule has 1 aliphatic heterocycles. The van der Waals surface area contributed by atoms with Gasteiger partial charge in [-0.3, -0.25) is 0 Å². The van der Waals surface area contributed by atoms with Gasteiger partial charge >= 0.3 is 0 Å². The molecule has 2 unspecified atom stereocenters. The summed E-state index contributed by atoms with van der Waals surface area (Å²) < 4.78 is 2.40. The SMILES string of the molecule is CC1(c2cncn2CC2CC2(C)C)CCNC1. The van der Waals surface area contributed by atoms with E-state index in [1.165, 1.54) is 18.5 Å². The molecule has 3 heteroatoms. The average Bonchev–Trinajstić information content (AvgIpc) is 2.72. The van der Waals surface area contributed by atoms with Gasteiger partial charge in [-0.2, -0.15) is 0 Å². The zero-order chi connectivity index (χ0) is 12.1. The fourth-order valence-corrected chi connectivity index (χ4v) is 3.13. The van der Waals surface area contributed by atoms with Gasteiger partial charge in [-0.05, 0) is 30.7 Å². The van der Waals surface area contributed by atoms with Crippen LogP contribution in [0.3, 0.4) is 0 Å². The van der Waals surface area contributed by atoms with Gasteiger partial charge in [-0.15, -0.1) is 0 Å². The molecule has 1 saturated heterocycles. The molecular weight excluding hydrogens is 210 g/mol. The lowest BCUT2D eigenvalue weighted by molar-refractivity contribution is 0.438. The second kappa shape index (κ2) is 3.58. The Morgan fingerprint density at radius 2 is 2.24 bits per heavy atom. The van der Waals surface area contributed by atoms with E-state index in [0.717, 1.165) is 25.6 Å². The summed E-state index contributed by atoms with van der Waals surface area (Å²) >= 11 is 0. The predicted octanol–water partition coefficient (Wildman–Crippen LogP) is 2.18. The minimum Gasteiger partial charge on any atom is -0.334 e. The molecule has 2 heterocycles. The minimum absolute atomic E-state index is 0.287. The van der Waals surface area contributed by atoms with Gasteiger partial charge in [0.25, 0.3) is 0 Å². The molecule has 2 aliphatic rings. The molecule has 0 radical (unpaired) electrons. The van der Waals surface area contributed by atoms with Crippen LogP contribution in [0, 0.1) is 11.3 Å². The van der Waals surface area contributed by atoms with Crippen LogP contribution in [0.2, 0.25) is 0 Å². The molecule has 1 aromatic rings. The van der Waals surface area contributed by atoms with Crippen molar-refractivity contribution in [1.82, 2.24) is 14.9 Å². The second-order valence-electron chi connectivity index (χ2n) is 6.81. The molecule has 0 amide bonds. The maximum Gasteiger partial charge on any atom is 0.0948 e. The number of rotatable bonds is 3. The molecule has 94 valence electrons. The molecule has 3 rings (SSSR count). The van der Waals surface area contributed by atoms with Crippen molar-refractivity contribution in [2.24, 2.45) is 11.3 Å². The van der Waals surface area contributed by atoms with Crippen LogP contribution in [0.5, 0.6) is 0 Å². The van der Waals surface area contributed by atoms with Gasteiger partial charge in [0, 0.05) is 30.4 Å². The zero-order valence-electron chi connectivity index (χ0n) is 11.2. The predicted molar refractivity (Wildman–Crippen MR) is 69.0 cm³/mol. The summed E-state index contributed by atoms with van der Waals surface area (Å²) in [6, 6.07) is 0. The second-order valence-corrected chi connectivity index (χ2v) is 6.81. The topological polar surface area (TPSA) is 29.9 Å². The molecular formula is C14H23N3. The third kappa shape index (κ3) is 1.90. The minimum atomic E-state index is 0.287. The molecule has 0 aromatic carbocycles. The van der Waals surface area contributed by atoms with Crippen LogP contribution in [0.4, 0.5) is 0 Å². The normalized spacial score (nSPS) is 35.1. The Balaban J connectivity index is 1.80. The summed E-state index contributed by atoms with van der Waals surface area (Å²) in [6.07, 6.45) is 6.68.